The van der Waals surface area contributed by atoms with Gasteiger partial charge >= 0.3 is 0 Å². The van der Waals surface area contributed by atoms with Gasteiger partial charge in [-0.1, -0.05) is 73.5 Å². The number of ketones is 1. The van der Waals surface area contributed by atoms with Gasteiger partial charge in [-0.15, -0.1) is 0 Å². The van der Waals surface area contributed by atoms with Crippen LogP contribution in [0.1, 0.15) is 56.1 Å². The van der Waals surface area contributed by atoms with Gasteiger partial charge in [0.1, 0.15) is 11.7 Å². The lowest BCUT2D eigenvalue weighted by molar-refractivity contribution is -0.121. The normalized spacial score (nSPS) is 11.7. The van der Waals surface area contributed by atoms with Crippen LogP contribution in [0.5, 0.6) is 0 Å². The van der Waals surface area contributed by atoms with Crippen LogP contribution in [0, 0.1) is 17.2 Å². The molecule has 0 heterocycles. The zero-order chi connectivity index (χ0) is 18.5. The van der Waals surface area contributed by atoms with Crippen LogP contribution in [0.25, 0.3) is 0 Å². The highest BCUT2D eigenvalue weighted by Gasteiger charge is 2.16. The zero-order valence-electron chi connectivity index (χ0n) is 15.6. The Morgan fingerprint density at radius 1 is 0.769 bits per heavy atom. The van der Waals surface area contributed by atoms with Gasteiger partial charge < -0.3 is 0 Å². The number of carbonyl (C=O) groups excluding carboxylic acids is 1. The fraction of sp³-hybridized carbons (Fsp3) is 0.417. The average Bonchev–Trinajstić information content (AvgIpc) is 2.69. The third kappa shape index (κ3) is 7.66. The summed E-state index contributed by atoms with van der Waals surface area (Å²) < 4.78 is 0. The van der Waals surface area contributed by atoms with Crippen molar-refractivity contribution in [1.29, 1.82) is 5.26 Å². The Labute approximate surface area is 157 Å². The molecule has 0 aliphatic heterocycles. The van der Waals surface area contributed by atoms with E-state index < -0.39 is 5.92 Å². The summed E-state index contributed by atoms with van der Waals surface area (Å²) in [4.78, 5) is 12.2. The summed E-state index contributed by atoms with van der Waals surface area (Å²) in [6, 6.07) is 23.0. The molecule has 0 spiro atoms. The molecule has 2 heteroatoms. The van der Waals surface area contributed by atoms with Gasteiger partial charge in [0.05, 0.1) is 6.07 Å². The first-order valence-electron chi connectivity index (χ1n) is 9.80. The smallest absolute Gasteiger partial charge is 0.149 e. The van der Waals surface area contributed by atoms with Gasteiger partial charge in [-0.2, -0.15) is 5.26 Å². The minimum absolute atomic E-state index is 0.128. The molecule has 136 valence electrons. The number of nitriles is 1. The third-order valence-corrected chi connectivity index (χ3v) is 4.83. The van der Waals surface area contributed by atoms with Crippen molar-refractivity contribution in [2.45, 2.75) is 57.8 Å². The Morgan fingerprint density at radius 3 is 1.85 bits per heavy atom. The Hall–Kier alpha value is -2.40. The van der Waals surface area contributed by atoms with E-state index >= 15 is 0 Å². The van der Waals surface area contributed by atoms with E-state index in [0.717, 1.165) is 44.9 Å². The van der Waals surface area contributed by atoms with Gasteiger partial charge in [0.25, 0.3) is 0 Å². The molecular weight excluding hydrogens is 318 g/mol. The van der Waals surface area contributed by atoms with E-state index in [2.05, 4.69) is 42.5 Å². The maximum Gasteiger partial charge on any atom is 0.149 e. The van der Waals surface area contributed by atoms with Crippen molar-refractivity contribution < 1.29 is 4.79 Å². The minimum Gasteiger partial charge on any atom is -0.298 e. The molecule has 2 aromatic rings. The van der Waals surface area contributed by atoms with Crippen LogP contribution < -0.4 is 0 Å². The third-order valence-electron chi connectivity index (χ3n) is 4.83. The van der Waals surface area contributed by atoms with Crippen molar-refractivity contribution in [3.8, 4) is 6.07 Å². The molecule has 2 aromatic carbocycles. The number of carbonyl (C=O) groups is 1. The first-order valence-corrected chi connectivity index (χ1v) is 9.80. The summed E-state index contributed by atoms with van der Waals surface area (Å²) in [5.41, 5.74) is 2.68. The van der Waals surface area contributed by atoms with Crippen LogP contribution in [0.15, 0.2) is 60.7 Å². The van der Waals surface area contributed by atoms with Crippen LogP contribution in [-0.2, 0) is 17.6 Å². The zero-order valence-corrected chi connectivity index (χ0v) is 15.6. The van der Waals surface area contributed by atoms with Crippen LogP contribution >= 0.6 is 0 Å². The van der Waals surface area contributed by atoms with Crippen molar-refractivity contribution in [2.75, 3.05) is 0 Å². The Morgan fingerprint density at radius 2 is 1.31 bits per heavy atom. The molecule has 0 saturated heterocycles. The number of benzene rings is 2. The maximum absolute atomic E-state index is 12.2. The second-order valence-corrected chi connectivity index (χ2v) is 6.93. The first-order chi connectivity index (χ1) is 12.8. The lowest BCUT2D eigenvalue weighted by Crippen LogP contribution is -2.12. The van der Waals surface area contributed by atoms with Gasteiger partial charge in [-0.05, 0) is 49.7 Å². The first kappa shape index (κ1) is 19.9. The fourth-order valence-corrected chi connectivity index (χ4v) is 3.24. The molecule has 0 aromatic heterocycles. The number of hydrogen-bond donors (Lipinski definition) is 0. The molecular formula is C24H29NO. The molecule has 0 fully saturated rings. The minimum atomic E-state index is -0.413. The molecule has 2 nitrogen and oxygen atoms in total. The summed E-state index contributed by atoms with van der Waals surface area (Å²) >= 11 is 0. The largest absolute Gasteiger partial charge is 0.298 e. The van der Waals surface area contributed by atoms with E-state index in [1.807, 2.05) is 24.3 Å². The highest BCUT2D eigenvalue weighted by atomic mass is 16.1. The van der Waals surface area contributed by atoms with Crippen molar-refractivity contribution in [3.05, 3.63) is 71.8 Å². The summed E-state index contributed by atoms with van der Waals surface area (Å²) in [6.07, 6.45) is 8.36. The van der Waals surface area contributed by atoms with E-state index in [1.54, 1.807) is 0 Å². The molecule has 1 atom stereocenters. The molecule has 2 rings (SSSR count). The Balaban J connectivity index is 1.56. The lowest BCUT2D eigenvalue weighted by Gasteiger charge is -2.08. The van der Waals surface area contributed by atoms with E-state index in [1.165, 1.54) is 11.1 Å². The van der Waals surface area contributed by atoms with Crippen molar-refractivity contribution in [2.24, 2.45) is 5.92 Å². The number of hydrogen-bond acceptors (Lipinski definition) is 2. The van der Waals surface area contributed by atoms with E-state index in [-0.39, 0.29) is 5.78 Å². The van der Waals surface area contributed by atoms with Crippen molar-refractivity contribution in [3.63, 3.8) is 0 Å². The summed E-state index contributed by atoms with van der Waals surface area (Å²) in [5, 5.41) is 9.29. The highest BCUT2D eigenvalue weighted by Crippen LogP contribution is 2.16. The summed E-state index contributed by atoms with van der Waals surface area (Å²) in [7, 11) is 0. The van der Waals surface area contributed by atoms with Gasteiger partial charge in [0.2, 0.25) is 0 Å². The quantitative estimate of drug-likeness (QED) is 0.448. The van der Waals surface area contributed by atoms with Crippen LogP contribution in [-0.4, -0.2) is 5.78 Å². The predicted octanol–water partition coefficient (Wildman–Crippen LogP) is 5.91. The average molecular weight is 348 g/mol. The van der Waals surface area contributed by atoms with Crippen molar-refractivity contribution >= 4 is 5.78 Å². The highest BCUT2D eigenvalue weighted by molar-refractivity contribution is 5.83. The predicted molar refractivity (Wildman–Crippen MR) is 107 cm³/mol. The molecule has 0 amide bonds. The van der Waals surface area contributed by atoms with E-state index in [9.17, 15) is 10.1 Å². The Kier molecular flexibility index (Phi) is 9.22. The van der Waals surface area contributed by atoms with Crippen LogP contribution in [0.3, 0.4) is 0 Å². The SMILES string of the molecule is N#CC(CCCCCc1ccccc1)C(=O)CCCCc1ccccc1. The molecule has 1 unspecified atom stereocenters. The lowest BCUT2D eigenvalue weighted by atomic mass is 9.94. The van der Waals surface area contributed by atoms with Crippen molar-refractivity contribution in [1.82, 2.24) is 0 Å². The second-order valence-electron chi connectivity index (χ2n) is 6.93. The van der Waals surface area contributed by atoms with E-state index in [0.29, 0.717) is 12.8 Å². The molecule has 0 N–H and O–H groups in total. The number of Topliss-reactive ketones (excluding diaryl/α,β-unsaturated/α-hetero) is 1. The standard InChI is InChI=1S/C24H29NO/c25-20-23(18-9-3-8-16-21-12-4-1-5-13-21)24(26)19-11-10-17-22-14-6-2-7-15-22/h1-2,4-7,12-15,23H,3,8-11,16-19H2. The number of nitrogens with zero attached hydrogens (tertiary/aromatic N) is 1. The molecule has 0 bridgehead atoms. The van der Waals surface area contributed by atoms with E-state index in [4.69, 9.17) is 0 Å². The fourth-order valence-electron chi connectivity index (χ4n) is 3.24. The topological polar surface area (TPSA) is 40.9 Å². The molecule has 26 heavy (non-hydrogen) atoms. The maximum atomic E-state index is 12.2. The molecule has 0 radical (unpaired) electrons. The molecule has 0 saturated carbocycles. The summed E-state index contributed by atoms with van der Waals surface area (Å²) in [5.74, 6) is -0.285. The number of unbranched alkanes of at least 4 members (excludes halogenated alkanes) is 3. The Bertz CT molecular complexity index is 672. The summed E-state index contributed by atoms with van der Waals surface area (Å²) in [6.45, 7) is 0. The van der Waals surface area contributed by atoms with Gasteiger partial charge in [0, 0.05) is 6.42 Å². The molecule has 0 aliphatic rings. The van der Waals surface area contributed by atoms with Gasteiger partial charge in [0.15, 0.2) is 0 Å². The molecule has 0 aliphatic carbocycles. The van der Waals surface area contributed by atoms with Crippen LogP contribution in [0.4, 0.5) is 0 Å². The number of aryl methyl sites for hydroxylation is 2. The monoisotopic (exact) mass is 347 g/mol. The van der Waals surface area contributed by atoms with Gasteiger partial charge in [-0.3, -0.25) is 4.79 Å². The second kappa shape index (κ2) is 12.0. The number of rotatable bonds is 12. The van der Waals surface area contributed by atoms with Gasteiger partial charge in [-0.25, -0.2) is 0 Å². The van der Waals surface area contributed by atoms with Crippen LogP contribution in [0.2, 0.25) is 0 Å².